The van der Waals surface area contributed by atoms with Crippen LogP contribution in [0.2, 0.25) is 5.02 Å². The first-order valence-corrected chi connectivity index (χ1v) is 11.5. The topological polar surface area (TPSA) is 90.4 Å². The van der Waals surface area contributed by atoms with Gasteiger partial charge in [-0.2, -0.15) is 0 Å². The second-order valence-electron chi connectivity index (χ2n) is 6.93. The zero-order valence-corrected chi connectivity index (χ0v) is 18.9. The normalized spacial score (nSPS) is 11.3. The van der Waals surface area contributed by atoms with Gasteiger partial charge in [0.05, 0.1) is 35.8 Å². The number of anilines is 1. The van der Waals surface area contributed by atoms with E-state index in [1.807, 2.05) is 30.3 Å². The van der Waals surface area contributed by atoms with Gasteiger partial charge in [0.15, 0.2) is 17.3 Å². The van der Waals surface area contributed by atoms with E-state index in [-0.39, 0.29) is 10.7 Å². The summed E-state index contributed by atoms with van der Waals surface area (Å²) in [5.74, 6) is 1.33. The van der Waals surface area contributed by atoms with Crippen LogP contribution < -0.4 is 14.2 Å². The van der Waals surface area contributed by atoms with Gasteiger partial charge in [-0.15, -0.1) is 0 Å². The average Bonchev–Trinajstić information content (AvgIpc) is 2.79. The molecule has 0 radical (unpaired) electrons. The van der Waals surface area contributed by atoms with Crippen molar-refractivity contribution in [3.05, 3.63) is 83.0 Å². The Hall–Kier alpha value is -3.36. The Labute approximate surface area is 191 Å². The van der Waals surface area contributed by atoms with Crippen LogP contribution in [0.25, 0.3) is 11.0 Å². The number of ether oxygens (including phenoxy) is 2. The molecule has 0 aliphatic carbocycles. The van der Waals surface area contributed by atoms with E-state index >= 15 is 0 Å². The lowest BCUT2D eigenvalue weighted by molar-refractivity contribution is 0.354. The summed E-state index contributed by atoms with van der Waals surface area (Å²) >= 11 is 5.89. The SMILES string of the molecule is COc1ccc(Cc2nc3ccccc3nc2NS(=O)(=O)c2ccc(Cl)cc2)cc1OC. The molecular weight excluding hydrogens is 450 g/mol. The van der Waals surface area contributed by atoms with E-state index in [4.69, 9.17) is 21.1 Å². The Morgan fingerprint density at radius 2 is 1.53 bits per heavy atom. The van der Waals surface area contributed by atoms with Crippen molar-refractivity contribution in [1.29, 1.82) is 0 Å². The molecule has 1 heterocycles. The average molecular weight is 470 g/mol. The van der Waals surface area contributed by atoms with E-state index < -0.39 is 10.0 Å². The predicted molar refractivity (Wildman–Crippen MR) is 124 cm³/mol. The number of nitrogens with zero attached hydrogens (tertiary/aromatic N) is 2. The maximum Gasteiger partial charge on any atom is 0.263 e. The number of aromatic nitrogens is 2. The Kier molecular flexibility index (Phi) is 6.16. The number of para-hydroxylation sites is 2. The van der Waals surface area contributed by atoms with Gasteiger partial charge in [0.2, 0.25) is 0 Å². The van der Waals surface area contributed by atoms with Crippen LogP contribution in [-0.2, 0) is 16.4 Å². The standard InChI is InChI=1S/C23H20ClN3O4S/c1-30-21-12-7-15(14-22(21)31-2)13-20-23(26-19-6-4-3-5-18(19)25-20)27-32(28,29)17-10-8-16(24)9-11-17/h3-12,14H,13H2,1-2H3,(H,26,27). The lowest BCUT2D eigenvalue weighted by Crippen LogP contribution is -2.16. The molecule has 4 aromatic rings. The van der Waals surface area contributed by atoms with Crippen molar-refractivity contribution in [2.45, 2.75) is 11.3 Å². The summed E-state index contributed by atoms with van der Waals surface area (Å²) in [6.45, 7) is 0. The summed E-state index contributed by atoms with van der Waals surface area (Å²) in [7, 11) is -0.769. The Balaban J connectivity index is 1.76. The van der Waals surface area contributed by atoms with Gasteiger partial charge in [-0.05, 0) is 54.1 Å². The molecule has 7 nitrogen and oxygen atoms in total. The van der Waals surface area contributed by atoms with E-state index in [1.165, 1.54) is 24.3 Å². The summed E-state index contributed by atoms with van der Waals surface area (Å²) < 4.78 is 39.2. The molecular formula is C23H20ClN3O4S. The maximum atomic E-state index is 13.0. The molecule has 164 valence electrons. The summed E-state index contributed by atoms with van der Waals surface area (Å²) in [5.41, 5.74) is 2.59. The molecule has 0 saturated carbocycles. The number of methoxy groups -OCH3 is 2. The molecule has 1 aromatic heterocycles. The van der Waals surface area contributed by atoms with E-state index in [9.17, 15) is 8.42 Å². The second-order valence-corrected chi connectivity index (χ2v) is 9.05. The third-order valence-corrected chi connectivity index (χ3v) is 6.42. The quantitative estimate of drug-likeness (QED) is 0.422. The minimum atomic E-state index is -3.89. The van der Waals surface area contributed by atoms with E-state index in [2.05, 4.69) is 14.7 Å². The van der Waals surface area contributed by atoms with Crippen molar-refractivity contribution in [1.82, 2.24) is 9.97 Å². The highest BCUT2D eigenvalue weighted by Gasteiger charge is 2.19. The van der Waals surface area contributed by atoms with E-state index in [0.717, 1.165) is 5.56 Å². The number of hydrogen-bond acceptors (Lipinski definition) is 6. The Bertz CT molecular complexity index is 1380. The maximum absolute atomic E-state index is 13.0. The molecule has 0 atom stereocenters. The van der Waals surface area contributed by atoms with Crippen molar-refractivity contribution < 1.29 is 17.9 Å². The van der Waals surface area contributed by atoms with Crippen LogP contribution in [0.1, 0.15) is 11.3 Å². The Morgan fingerprint density at radius 1 is 0.875 bits per heavy atom. The number of hydrogen-bond donors (Lipinski definition) is 1. The molecule has 3 aromatic carbocycles. The number of halogens is 1. The van der Waals surface area contributed by atoms with Gasteiger partial charge >= 0.3 is 0 Å². The minimum Gasteiger partial charge on any atom is -0.493 e. The monoisotopic (exact) mass is 469 g/mol. The molecule has 0 unspecified atom stereocenters. The number of fused-ring (bicyclic) bond motifs is 1. The number of nitrogens with one attached hydrogen (secondary N) is 1. The highest BCUT2D eigenvalue weighted by Crippen LogP contribution is 2.30. The van der Waals surface area contributed by atoms with Crippen molar-refractivity contribution in [3.8, 4) is 11.5 Å². The van der Waals surface area contributed by atoms with Crippen molar-refractivity contribution in [2.24, 2.45) is 0 Å². The highest BCUT2D eigenvalue weighted by atomic mass is 35.5. The second kappa shape index (κ2) is 9.02. The lowest BCUT2D eigenvalue weighted by Gasteiger charge is -2.14. The van der Waals surface area contributed by atoms with Crippen LogP contribution in [0, 0.1) is 0 Å². The lowest BCUT2D eigenvalue weighted by atomic mass is 10.1. The zero-order chi connectivity index (χ0) is 22.7. The fourth-order valence-corrected chi connectivity index (χ4v) is 4.38. The molecule has 0 amide bonds. The van der Waals surface area contributed by atoms with Gasteiger partial charge in [0.1, 0.15) is 0 Å². The molecule has 0 bridgehead atoms. The van der Waals surface area contributed by atoms with Gasteiger partial charge in [-0.25, -0.2) is 18.4 Å². The zero-order valence-electron chi connectivity index (χ0n) is 17.4. The van der Waals surface area contributed by atoms with Gasteiger partial charge in [0.25, 0.3) is 10.0 Å². The molecule has 0 aliphatic heterocycles. The molecule has 9 heteroatoms. The van der Waals surface area contributed by atoms with E-state index in [1.54, 1.807) is 26.4 Å². The van der Waals surface area contributed by atoms with Crippen LogP contribution in [-0.4, -0.2) is 32.6 Å². The van der Waals surface area contributed by atoms with Crippen molar-refractivity contribution in [3.63, 3.8) is 0 Å². The summed E-state index contributed by atoms with van der Waals surface area (Å²) in [6, 6.07) is 18.7. The number of sulfonamides is 1. The molecule has 0 saturated heterocycles. The van der Waals surface area contributed by atoms with Crippen molar-refractivity contribution in [2.75, 3.05) is 18.9 Å². The van der Waals surface area contributed by atoms with Crippen LogP contribution in [0.4, 0.5) is 5.82 Å². The molecule has 4 rings (SSSR count). The highest BCUT2D eigenvalue weighted by molar-refractivity contribution is 7.92. The third kappa shape index (κ3) is 4.61. The fraction of sp³-hybridized carbons (Fsp3) is 0.130. The molecule has 32 heavy (non-hydrogen) atoms. The first-order valence-electron chi connectivity index (χ1n) is 9.64. The molecule has 0 fully saturated rings. The first-order chi connectivity index (χ1) is 15.4. The van der Waals surface area contributed by atoms with Gasteiger partial charge in [0, 0.05) is 11.4 Å². The van der Waals surface area contributed by atoms with Gasteiger partial charge in [-0.1, -0.05) is 29.8 Å². The predicted octanol–water partition coefficient (Wildman–Crippen LogP) is 4.69. The molecule has 0 aliphatic rings. The van der Waals surface area contributed by atoms with Crippen LogP contribution in [0.15, 0.2) is 71.6 Å². The van der Waals surface area contributed by atoms with Gasteiger partial charge in [-0.3, -0.25) is 4.72 Å². The largest absolute Gasteiger partial charge is 0.493 e. The molecule has 0 spiro atoms. The third-order valence-electron chi connectivity index (χ3n) is 4.82. The molecule has 1 N–H and O–H groups in total. The number of rotatable bonds is 7. The van der Waals surface area contributed by atoms with Crippen molar-refractivity contribution >= 4 is 38.5 Å². The van der Waals surface area contributed by atoms with Crippen LogP contribution >= 0.6 is 11.6 Å². The first kappa shape index (κ1) is 21.9. The smallest absolute Gasteiger partial charge is 0.263 e. The van der Waals surface area contributed by atoms with E-state index in [0.29, 0.717) is 39.7 Å². The summed E-state index contributed by atoms with van der Waals surface area (Å²) in [6.07, 6.45) is 0.330. The fourth-order valence-electron chi connectivity index (χ4n) is 3.23. The van der Waals surface area contributed by atoms with Gasteiger partial charge < -0.3 is 9.47 Å². The Morgan fingerprint density at radius 3 is 2.19 bits per heavy atom. The van der Waals surface area contributed by atoms with Crippen LogP contribution in [0.3, 0.4) is 0 Å². The minimum absolute atomic E-state index is 0.0777. The summed E-state index contributed by atoms with van der Waals surface area (Å²) in [5, 5.41) is 0.448. The summed E-state index contributed by atoms with van der Waals surface area (Å²) in [4.78, 5) is 9.30. The number of benzene rings is 3. The van der Waals surface area contributed by atoms with Crippen LogP contribution in [0.5, 0.6) is 11.5 Å².